The number of anilines is 1. The first-order valence-electron chi connectivity index (χ1n) is 4.41. The van der Waals surface area contributed by atoms with Crippen LogP contribution in [-0.2, 0) is 0 Å². The van der Waals surface area contributed by atoms with E-state index in [0.717, 1.165) is 6.07 Å². The lowest BCUT2D eigenvalue weighted by atomic mass is 10.2. The molecule has 0 saturated carbocycles. The largest absolute Gasteiger partial charge is 0.361 e. The van der Waals surface area contributed by atoms with E-state index < -0.39 is 5.82 Å². The van der Waals surface area contributed by atoms with Crippen molar-refractivity contribution in [2.45, 2.75) is 6.92 Å². The highest BCUT2D eigenvalue weighted by Crippen LogP contribution is 2.14. The molecule has 0 aromatic heterocycles. The van der Waals surface area contributed by atoms with Crippen molar-refractivity contribution in [1.29, 1.82) is 10.7 Å². The third-order valence-corrected chi connectivity index (χ3v) is 2.13. The summed E-state index contributed by atoms with van der Waals surface area (Å²) in [7, 11) is 0. The predicted molar refractivity (Wildman–Crippen MR) is 62.1 cm³/mol. The Morgan fingerprint density at radius 2 is 2.25 bits per heavy atom. The van der Waals surface area contributed by atoms with Crippen LogP contribution in [-0.4, -0.2) is 5.17 Å². The van der Waals surface area contributed by atoms with Gasteiger partial charge in [-0.2, -0.15) is 5.26 Å². The second-order valence-electron chi connectivity index (χ2n) is 3.13. The van der Waals surface area contributed by atoms with Crippen LogP contribution in [0.4, 0.5) is 10.1 Å². The number of allylic oxidation sites excluding steroid dienone is 1. The topological polar surface area (TPSA) is 59.7 Å². The molecule has 5 heteroatoms. The smallest absolute Gasteiger partial charge is 0.126 e. The van der Waals surface area contributed by atoms with Crippen molar-refractivity contribution >= 4 is 22.5 Å². The Balaban J connectivity index is 2.91. The zero-order valence-electron chi connectivity index (χ0n) is 8.51. The van der Waals surface area contributed by atoms with E-state index in [1.807, 2.05) is 6.07 Å². The van der Waals surface area contributed by atoms with Gasteiger partial charge in [-0.3, -0.25) is 5.41 Å². The Morgan fingerprint density at radius 1 is 1.56 bits per heavy atom. The molecule has 0 fully saturated rings. The molecule has 1 rings (SSSR count). The summed E-state index contributed by atoms with van der Waals surface area (Å²) in [5.41, 5.74) is 1.19. The first kappa shape index (κ1) is 12.2. The third kappa shape index (κ3) is 3.37. The molecule has 0 spiro atoms. The fourth-order valence-corrected chi connectivity index (χ4v) is 1.05. The molecule has 0 atom stereocenters. The summed E-state index contributed by atoms with van der Waals surface area (Å²) in [6, 6.07) is 5.75. The second-order valence-corrected chi connectivity index (χ2v) is 3.50. The van der Waals surface area contributed by atoms with Crippen molar-refractivity contribution in [3.8, 4) is 6.07 Å². The highest BCUT2D eigenvalue weighted by molar-refractivity contribution is 6.68. The average Bonchev–Trinajstić information content (AvgIpc) is 2.24. The predicted octanol–water partition coefficient (Wildman–Crippen LogP) is 3.23. The van der Waals surface area contributed by atoms with Crippen molar-refractivity contribution in [1.82, 2.24) is 0 Å². The first-order valence-corrected chi connectivity index (χ1v) is 4.79. The van der Waals surface area contributed by atoms with Crippen LogP contribution in [0.25, 0.3) is 0 Å². The van der Waals surface area contributed by atoms with Gasteiger partial charge in [0.2, 0.25) is 0 Å². The molecule has 1 aromatic carbocycles. The van der Waals surface area contributed by atoms with Gasteiger partial charge in [-0.15, -0.1) is 0 Å². The van der Waals surface area contributed by atoms with Gasteiger partial charge in [0.1, 0.15) is 11.0 Å². The van der Waals surface area contributed by atoms with E-state index >= 15 is 0 Å². The summed E-state index contributed by atoms with van der Waals surface area (Å²) < 4.78 is 13.0. The Labute approximate surface area is 97.7 Å². The van der Waals surface area contributed by atoms with Gasteiger partial charge in [0.05, 0.1) is 11.6 Å². The maximum absolute atomic E-state index is 13.0. The lowest BCUT2D eigenvalue weighted by Crippen LogP contribution is -1.95. The van der Waals surface area contributed by atoms with E-state index in [0.29, 0.717) is 11.3 Å². The van der Waals surface area contributed by atoms with Crippen LogP contribution in [0.1, 0.15) is 12.5 Å². The molecule has 0 radical (unpaired) electrons. The van der Waals surface area contributed by atoms with Crippen molar-refractivity contribution in [3.05, 3.63) is 41.4 Å². The van der Waals surface area contributed by atoms with Gasteiger partial charge in [0, 0.05) is 17.5 Å². The molecular formula is C11H9ClFN3. The van der Waals surface area contributed by atoms with Crippen molar-refractivity contribution < 1.29 is 4.39 Å². The Bertz CT molecular complexity index is 488. The molecule has 3 nitrogen and oxygen atoms in total. The number of nitrogens with one attached hydrogen (secondary N) is 2. The molecule has 0 aliphatic rings. The summed E-state index contributed by atoms with van der Waals surface area (Å²) in [5.74, 6) is -0.492. The SMILES string of the molecule is C/C(=C/Nc1cc(F)cc(C#N)c1)C(=N)Cl. The maximum Gasteiger partial charge on any atom is 0.126 e. The van der Waals surface area contributed by atoms with E-state index in [2.05, 4.69) is 5.32 Å². The summed E-state index contributed by atoms with van der Waals surface area (Å²) in [4.78, 5) is 0. The quantitative estimate of drug-likeness (QED) is 0.793. The number of benzene rings is 1. The molecule has 0 amide bonds. The van der Waals surface area contributed by atoms with Crippen LogP contribution < -0.4 is 5.32 Å². The Kier molecular flexibility index (Phi) is 4.03. The van der Waals surface area contributed by atoms with Crippen LogP contribution in [0.5, 0.6) is 0 Å². The number of nitrogens with zero attached hydrogens (tertiary/aromatic N) is 1. The molecule has 0 bridgehead atoms. The van der Waals surface area contributed by atoms with Crippen LogP contribution in [0.15, 0.2) is 30.0 Å². The number of hydrogen-bond donors (Lipinski definition) is 2. The summed E-state index contributed by atoms with van der Waals surface area (Å²) in [5, 5.41) is 18.4. The molecule has 0 saturated heterocycles. The maximum atomic E-state index is 13.0. The van der Waals surface area contributed by atoms with Crippen LogP contribution >= 0.6 is 11.6 Å². The highest BCUT2D eigenvalue weighted by atomic mass is 35.5. The Morgan fingerprint density at radius 3 is 2.81 bits per heavy atom. The molecule has 16 heavy (non-hydrogen) atoms. The first-order chi connectivity index (χ1) is 7.52. The van der Waals surface area contributed by atoms with Gasteiger partial charge in [0.25, 0.3) is 0 Å². The van der Waals surface area contributed by atoms with Crippen molar-refractivity contribution in [2.75, 3.05) is 5.32 Å². The lowest BCUT2D eigenvalue weighted by molar-refractivity contribution is 0.628. The molecule has 0 aliphatic heterocycles. The minimum absolute atomic E-state index is 0.0931. The van der Waals surface area contributed by atoms with Crippen LogP contribution in [0.3, 0.4) is 0 Å². The lowest BCUT2D eigenvalue weighted by Gasteiger charge is -2.03. The van der Waals surface area contributed by atoms with Gasteiger partial charge in [-0.1, -0.05) is 11.6 Å². The van der Waals surface area contributed by atoms with E-state index in [9.17, 15) is 4.39 Å². The Hall–Kier alpha value is -1.86. The van der Waals surface area contributed by atoms with Gasteiger partial charge in [-0.05, 0) is 25.1 Å². The van der Waals surface area contributed by atoms with Crippen molar-refractivity contribution in [3.63, 3.8) is 0 Å². The summed E-state index contributed by atoms with van der Waals surface area (Å²) >= 11 is 5.43. The molecule has 0 heterocycles. The van der Waals surface area contributed by atoms with E-state index in [-0.39, 0.29) is 10.7 Å². The number of nitriles is 1. The average molecular weight is 238 g/mol. The minimum atomic E-state index is -0.492. The monoisotopic (exact) mass is 237 g/mol. The van der Waals surface area contributed by atoms with Crippen molar-refractivity contribution in [2.24, 2.45) is 0 Å². The van der Waals surface area contributed by atoms with Crippen LogP contribution in [0, 0.1) is 22.6 Å². The molecule has 0 aliphatic carbocycles. The minimum Gasteiger partial charge on any atom is -0.361 e. The van der Waals surface area contributed by atoms with Gasteiger partial charge < -0.3 is 5.32 Å². The van der Waals surface area contributed by atoms with Gasteiger partial charge in [0.15, 0.2) is 0 Å². The normalized spacial score (nSPS) is 10.8. The molecule has 2 N–H and O–H groups in total. The van der Waals surface area contributed by atoms with E-state index in [1.54, 1.807) is 6.92 Å². The number of rotatable bonds is 3. The zero-order chi connectivity index (χ0) is 12.1. The number of halogens is 2. The number of hydrogen-bond acceptors (Lipinski definition) is 3. The summed E-state index contributed by atoms with van der Waals surface area (Å²) in [6.07, 6.45) is 1.48. The zero-order valence-corrected chi connectivity index (χ0v) is 9.27. The van der Waals surface area contributed by atoms with Gasteiger partial charge >= 0.3 is 0 Å². The molecule has 0 unspecified atom stereocenters. The third-order valence-electron chi connectivity index (χ3n) is 1.83. The molecule has 82 valence electrons. The summed E-state index contributed by atoms with van der Waals surface area (Å²) in [6.45, 7) is 1.65. The molecule has 1 aromatic rings. The van der Waals surface area contributed by atoms with E-state index in [4.69, 9.17) is 22.3 Å². The molecular weight excluding hydrogens is 229 g/mol. The van der Waals surface area contributed by atoms with Crippen LogP contribution in [0.2, 0.25) is 0 Å². The standard InChI is InChI=1S/C11H9ClFN3/c1-7(11(12)15)6-16-10-3-8(5-14)2-9(13)4-10/h2-4,6,15-16H,1H3/b7-6-,15-11?. The highest BCUT2D eigenvalue weighted by Gasteiger charge is 1.99. The van der Waals surface area contributed by atoms with E-state index in [1.165, 1.54) is 18.3 Å². The fraction of sp³-hybridized carbons (Fsp3) is 0.0909. The second kappa shape index (κ2) is 5.29. The fourth-order valence-electron chi connectivity index (χ4n) is 0.992. The van der Waals surface area contributed by atoms with Gasteiger partial charge in [-0.25, -0.2) is 4.39 Å².